The third-order valence-corrected chi connectivity index (χ3v) is 6.41. The molecule has 5 rings (SSSR count). The van der Waals surface area contributed by atoms with E-state index >= 15 is 0 Å². The summed E-state index contributed by atoms with van der Waals surface area (Å²) in [5.41, 5.74) is 0.834. The molecule has 1 saturated heterocycles. The summed E-state index contributed by atoms with van der Waals surface area (Å²) >= 11 is 3.26. The fourth-order valence-electron chi connectivity index (χ4n) is 3.19. The first-order valence-electron chi connectivity index (χ1n) is 9.08. The molecule has 1 atom stereocenters. The number of rotatable bonds is 7. The number of ether oxygens (including phenoxy) is 1. The highest BCUT2D eigenvalue weighted by atomic mass is 32.2. The SMILES string of the molecule is c1coc(-c2cc(CSc3nnc(-c4cccs4)n3C[C@H]3CCCO3)no2)c1. The summed E-state index contributed by atoms with van der Waals surface area (Å²) in [6.07, 6.45) is 4.01. The van der Waals surface area contributed by atoms with E-state index in [0.29, 0.717) is 17.3 Å². The quantitative estimate of drug-likeness (QED) is 0.405. The van der Waals surface area contributed by atoms with Gasteiger partial charge in [0.15, 0.2) is 16.7 Å². The van der Waals surface area contributed by atoms with Crippen LogP contribution in [-0.2, 0) is 17.0 Å². The summed E-state index contributed by atoms with van der Waals surface area (Å²) in [5.74, 6) is 2.83. The molecule has 1 aliphatic heterocycles. The van der Waals surface area contributed by atoms with Gasteiger partial charge in [0.1, 0.15) is 0 Å². The van der Waals surface area contributed by atoms with Crippen molar-refractivity contribution in [1.29, 1.82) is 0 Å². The summed E-state index contributed by atoms with van der Waals surface area (Å²) in [6, 6.07) is 9.67. The molecule has 0 aromatic carbocycles. The first-order valence-corrected chi connectivity index (χ1v) is 10.9. The van der Waals surface area contributed by atoms with E-state index in [1.165, 1.54) is 0 Å². The molecular formula is C19H18N4O3S2. The Bertz CT molecular complexity index is 1020. The Morgan fingerprint density at radius 1 is 1.21 bits per heavy atom. The lowest BCUT2D eigenvalue weighted by molar-refractivity contribution is 0.0953. The molecule has 0 radical (unpaired) electrons. The van der Waals surface area contributed by atoms with E-state index in [9.17, 15) is 0 Å². The van der Waals surface area contributed by atoms with Gasteiger partial charge in [-0.05, 0) is 36.4 Å². The maximum Gasteiger partial charge on any atom is 0.202 e. The molecule has 5 heterocycles. The van der Waals surface area contributed by atoms with Crippen LogP contribution in [-0.4, -0.2) is 32.6 Å². The van der Waals surface area contributed by atoms with Gasteiger partial charge in [-0.15, -0.1) is 21.5 Å². The van der Waals surface area contributed by atoms with Crippen LogP contribution in [0.2, 0.25) is 0 Å². The topological polar surface area (TPSA) is 79.1 Å². The van der Waals surface area contributed by atoms with Crippen molar-refractivity contribution in [3.05, 3.63) is 47.7 Å². The molecule has 0 bridgehead atoms. The van der Waals surface area contributed by atoms with E-state index in [2.05, 4.69) is 31.4 Å². The fourth-order valence-corrected chi connectivity index (χ4v) is 4.74. The lowest BCUT2D eigenvalue weighted by Gasteiger charge is -2.13. The Labute approximate surface area is 169 Å². The van der Waals surface area contributed by atoms with Crippen LogP contribution in [0.1, 0.15) is 18.5 Å². The number of aromatic nitrogens is 4. The molecule has 4 aromatic rings. The van der Waals surface area contributed by atoms with E-state index in [0.717, 1.165) is 47.5 Å². The number of thiophene rings is 1. The largest absolute Gasteiger partial charge is 0.461 e. The third-order valence-electron chi connectivity index (χ3n) is 4.54. The monoisotopic (exact) mass is 414 g/mol. The maximum atomic E-state index is 5.84. The highest BCUT2D eigenvalue weighted by molar-refractivity contribution is 7.98. The molecule has 0 aliphatic carbocycles. The van der Waals surface area contributed by atoms with E-state index in [4.69, 9.17) is 13.7 Å². The highest BCUT2D eigenvalue weighted by Crippen LogP contribution is 2.31. The van der Waals surface area contributed by atoms with Crippen LogP contribution in [0.3, 0.4) is 0 Å². The molecule has 0 amide bonds. The van der Waals surface area contributed by atoms with Crippen molar-refractivity contribution in [2.75, 3.05) is 6.61 Å². The molecular weight excluding hydrogens is 396 g/mol. The molecule has 7 nitrogen and oxygen atoms in total. The van der Waals surface area contributed by atoms with Crippen LogP contribution in [0.4, 0.5) is 0 Å². The second kappa shape index (κ2) is 7.94. The van der Waals surface area contributed by atoms with Crippen LogP contribution in [0, 0.1) is 0 Å². The Balaban J connectivity index is 1.35. The van der Waals surface area contributed by atoms with Gasteiger partial charge >= 0.3 is 0 Å². The minimum Gasteiger partial charge on any atom is -0.461 e. The van der Waals surface area contributed by atoms with Crippen molar-refractivity contribution in [3.63, 3.8) is 0 Å². The summed E-state index contributed by atoms with van der Waals surface area (Å²) in [4.78, 5) is 1.11. The number of furan rings is 1. The van der Waals surface area contributed by atoms with Crippen molar-refractivity contribution in [2.24, 2.45) is 0 Å². The van der Waals surface area contributed by atoms with Gasteiger partial charge in [-0.2, -0.15) is 0 Å². The smallest absolute Gasteiger partial charge is 0.202 e. The second-order valence-corrected chi connectivity index (χ2v) is 8.37. The zero-order valence-corrected chi connectivity index (χ0v) is 16.6. The van der Waals surface area contributed by atoms with Gasteiger partial charge in [0.05, 0.1) is 29.5 Å². The molecule has 0 N–H and O–H groups in total. The Kier molecular flexibility index (Phi) is 5.03. The van der Waals surface area contributed by atoms with Crippen LogP contribution in [0.5, 0.6) is 0 Å². The van der Waals surface area contributed by atoms with Crippen LogP contribution in [0.15, 0.2) is 56.1 Å². The van der Waals surface area contributed by atoms with E-state index < -0.39 is 0 Å². The normalized spacial score (nSPS) is 16.8. The predicted molar refractivity (Wildman–Crippen MR) is 106 cm³/mol. The second-order valence-electron chi connectivity index (χ2n) is 6.48. The molecule has 0 unspecified atom stereocenters. The van der Waals surface area contributed by atoms with Gasteiger partial charge in [-0.3, -0.25) is 4.57 Å². The van der Waals surface area contributed by atoms with Crippen molar-refractivity contribution >= 4 is 23.1 Å². The van der Waals surface area contributed by atoms with Gasteiger partial charge in [-0.1, -0.05) is 23.0 Å². The zero-order valence-electron chi connectivity index (χ0n) is 15.0. The molecule has 28 heavy (non-hydrogen) atoms. The molecule has 9 heteroatoms. The number of thioether (sulfide) groups is 1. The van der Waals surface area contributed by atoms with Gasteiger partial charge in [0.2, 0.25) is 5.76 Å². The van der Waals surface area contributed by atoms with Crippen LogP contribution in [0.25, 0.3) is 22.2 Å². The predicted octanol–water partition coefficient (Wildman–Crippen LogP) is 4.73. The summed E-state index contributed by atoms with van der Waals surface area (Å²) in [6.45, 7) is 1.59. The Morgan fingerprint density at radius 2 is 2.21 bits per heavy atom. The molecule has 4 aromatic heterocycles. The van der Waals surface area contributed by atoms with Crippen molar-refractivity contribution in [3.8, 4) is 22.2 Å². The zero-order chi connectivity index (χ0) is 18.8. The number of hydrogen-bond acceptors (Lipinski definition) is 8. The van der Waals surface area contributed by atoms with Crippen molar-refractivity contribution in [1.82, 2.24) is 19.9 Å². The van der Waals surface area contributed by atoms with Crippen LogP contribution >= 0.6 is 23.1 Å². The average molecular weight is 415 g/mol. The van der Waals surface area contributed by atoms with Gasteiger partial charge in [0.25, 0.3) is 0 Å². The summed E-state index contributed by atoms with van der Waals surface area (Å²) in [7, 11) is 0. The maximum absolute atomic E-state index is 5.84. The lowest BCUT2D eigenvalue weighted by Crippen LogP contribution is -2.16. The van der Waals surface area contributed by atoms with E-state index in [1.54, 1.807) is 29.4 Å². The molecule has 1 fully saturated rings. The van der Waals surface area contributed by atoms with Gasteiger partial charge in [0, 0.05) is 18.4 Å². The molecule has 0 spiro atoms. The van der Waals surface area contributed by atoms with Crippen molar-refractivity contribution < 1.29 is 13.7 Å². The van der Waals surface area contributed by atoms with Crippen molar-refractivity contribution in [2.45, 2.75) is 36.4 Å². The average Bonchev–Trinajstić information content (AvgIpc) is 3.53. The third kappa shape index (κ3) is 3.65. The Hall–Kier alpha value is -2.36. The van der Waals surface area contributed by atoms with Gasteiger partial charge < -0.3 is 13.7 Å². The lowest BCUT2D eigenvalue weighted by atomic mass is 10.2. The van der Waals surface area contributed by atoms with Crippen LogP contribution < -0.4 is 0 Å². The minimum absolute atomic E-state index is 0.215. The Morgan fingerprint density at radius 3 is 3.00 bits per heavy atom. The molecule has 144 valence electrons. The molecule has 0 saturated carbocycles. The van der Waals surface area contributed by atoms with E-state index in [1.807, 2.05) is 24.3 Å². The summed E-state index contributed by atoms with van der Waals surface area (Å²) in [5, 5.41) is 15.9. The fraction of sp³-hybridized carbons (Fsp3) is 0.316. The number of hydrogen-bond donors (Lipinski definition) is 0. The van der Waals surface area contributed by atoms with E-state index in [-0.39, 0.29) is 6.10 Å². The summed E-state index contributed by atoms with van der Waals surface area (Å²) < 4.78 is 18.7. The minimum atomic E-state index is 0.215. The first-order chi connectivity index (χ1) is 13.9. The highest BCUT2D eigenvalue weighted by Gasteiger charge is 2.22. The molecule has 1 aliphatic rings. The number of nitrogens with zero attached hydrogens (tertiary/aromatic N) is 4. The first kappa shape index (κ1) is 17.7. The standard InChI is InChI=1S/C19H18N4O3S2/c1-4-14(24-7-1)11-23-18(17-6-3-9-27-17)20-21-19(23)28-12-13-10-16(26-22-13)15-5-2-8-25-15/h2-3,5-6,8-10,14H,1,4,7,11-12H2/t14-/m1/s1. The van der Waals surface area contributed by atoms with Gasteiger partial charge in [-0.25, -0.2) is 0 Å².